The molecule has 0 aliphatic carbocycles. The summed E-state index contributed by atoms with van der Waals surface area (Å²) in [5, 5.41) is 0. The van der Waals surface area contributed by atoms with E-state index in [1.54, 1.807) is 0 Å². The second-order valence-electron chi connectivity index (χ2n) is 18.8. The summed E-state index contributed by atoms with van der Waals surface area (Å²) in [5.41, 5.74) is 0. The highest BCUT2D eigenvalue weighted by atomic mass is 16.6. The number of ether oxygens (including phenoxy) is 3. The molecule has 0 aromatic carbocycles. The molecule has 0 aromatic heterocycles. The topological polar surface area (TPSA) is 61.8 Å². The van der Waals surface area contributed by atoms with E-state index in [1.807, 2.05) is 0 Å². The van der Waals surface area contributed by atoms with Gasteiger partial charge >= 0.3 is 11.9 Å². The first kappa shape index (κ1) is 63.3. The molecule has 0 aliphatic rings. The van der Waals surface area contributed by atoms with Crippen molar-refractivity contribution >= 4 is 11.9 Å². The quantitative estimate of drug-likeness (QED) is 0.0346. The fourth-order valence-electron chi connectivity index (χ4n) is 8.00. The van der Waals surface area contributed by atoms with Gasteiger partial charge in [-0.1, -0.05) is 248 Å². The summed E-state index contributed by atoms with van der Waals surface area (Å²) in [7, 11) is 0. The molecule has 0 spiro atoms. The van der Waals surface area contributed by atoms with E-state index >= 15 is 0 Å². The van der Waals surface area contributed by atoms with Crippen LogP contribution in [-0.4, -0.2) is 37.9 Å². The highest BCUT2D eigenvalue weighted by Gasteiger charge is 2.17. The SMILES string of the molecule is CC/C=C\C/C=C\C/C=C\C/C=C\CCCCCCCCC(=O)OCC(COCCCCCCCCCCCCCCCCCC)OC(=O)CCCCCCC/C=C\C/C=C\CCCCC. The van der Waals surface area contributed by atoms with Crippen molar-refractivity contribution in [1.82, 2.24) is 0 Å². The zero-order valence-corrected chi connectivity index (χ0v) is 44.0. The Bertz CT molecular complexity index is 1180. The molecule has 0 aliphatic heterocycles. The first-order valence-electron chi connectivity index (χ1n) is 28.5. The Kier molecular flexibility index (Phi) is 54.4. The fraction of sp³-hybridized carbons (Fsp3) is 0.770. The molecule has 0 radical (unpaired) electrons. The van der Waals surface area contributed by atoms with Gasteiger partial charge in [-0.15, -0.1) is 0 Å². The predicted octanol–water partition coefficient (Wildman–Crippen LogP) is 19.5. The molecule has 1 unspecified atom stereocenters. The zero-order valence-electron chi connectivity index (χ0n) is 44.0. The van der Waals surface area contributed by atoms with Gasteiger partial charge in [0.2, 0.25) is 0 Å². The lowest BCUT2D eigenvalue weighted by molar-refractivity contribution is -0.163. The zero-order chi connectivity index (χ0) is 47.7. The van der Waals surface area contributed by atoms with Crippen molar-refractivity contribution in [3.8, 4) is 0 Å². The summed E-state index contributed by atoms with van der Waals surface area (Å²) < 4.78 is 17.5. The van der Waals surface area contributed by atoms with Gasteiger partial charge in [-0.3, -0.25) is 9.59 Å². The van der Waals surface area contributed by atoms with E-state index in [9.17, 15) is 9.59 Å². The van der Waals surface area contributed by atoms with E-state index in [1.165, 1.54) is 148 Å². The van der Waals surface area contributed by atoms with Crippen molar-refractivity contribution in [3.05, 3.63) is 72.9 Å². The van der Waals surface area contributed by atoms with Gasteiger partial charge in [0.05, 0.1) is 6.61 Å². The third kappa shape index (κ3) is 54.0. The van der Waals surface area contributed by atoms with Gasteiger partial charge in [0.15, 0.2) is 6.10 Å². The predicted molar refractivity (Wildman–Crippen MR) is 288 cm³/mol. The molecule has 0 saturated heterocycles. The molecule has 0 aromatic rings. The normalized spacial score (nSPS) is 12.7. The average Bonchev–Trinajstić information content (AvgIpc) is 3.32. The molecular weight excluding hydrogens is 813 g/mol. The number of carbonyl (C=O) groups is 2. The van der Waals surface area contributed by atoms with Crippen LogP contribution in [0.5, 0.6) is 0 Å². The van der Waals surface area contributed by atoms with Gasteiger partial charge in [-0.25, -0.2) is 0 Å². The third-order valence-electron chi connectivity index (χ3n) is 12.2. The number of hydrogen-bond acceptors (Lipinski definition) is 5. The number of esters is 2. The van der Waals surface area contributed by atoms with Crippen LogP contribution in [-0.2, 0) is 23.8 Å². The molecule has 0 fully saturated rings. The van der Waals surface area contributed by atoms with Crippen molar-refractivity contribution in [2.75, 3.05) is 19.8 Å². The van der Waals surface area contributed by atoms with E-state index in [0.29, 0.717) is 19.4 Å². The number of rotatable bonds is 52. The lowest BCUT2D eigenvalue weighted by Crippen LogP contribution is -2.30. The van der Waals surface area contributed by atoms with E-state index in [0.717, 1.165) is 96.3 Å². The Morgan fingerprint density at radius 1 is 0.348 bits per heavy atom. The molecule has 0 N–H and O–H groups in total. The van der Waals surface area contributed by atoms with Crippen LogP contribution in [0, 0.1) is 0 Å². The largest absolute Gasteiger partial charge is 0.462 e. The summed E-state index contributed by atoms with van der Waals surface area (Å²) in [5.74, 6) is -0.420. The van der Waals surface area contributed by atoms with Crippen LogP contribution >= 0.6 is 0 Å². The van der Waals surface area contributed by atoms with Crippen molar-refractivity contribution < 1.29 is 23.8 Å². The average molecular weight is 922 g/mol. The summed E-state index contributed by atoms with van der Waals surface area (Å²) in [6.07, 6.45) is 73.4. The Morgan fingerprint density at radius 3 is 1.12 bits per heavy atom. The van der Waals surface area contributed by atoms with Gasteiger partial charge in [-0.05, 0) is 89.9 Å². The molecule has 0 saturated carbocycles. The standard InChI is InChI=1S/C61H108O5/c1-4-7-10-13-16-19-22-25-28-30-31-32-34-36-39-42-45-48-51-54-60(62)65-58-59(57-64-56-53-50-47-44-41-38-35-29-26-23-20-17-14-11-8-5-2)66-61(63)55-52-49-46-43-40-37-33-27-24-21-18-15-12-9-6-3/h7,10,16,18-19,21,25,27-28,31-33,59H,4-6,8-9,11-15,17,20,22-24,26,29-30,34-58H2,1-3H3/b10-7-,19-16-,21-18-,28-25-,32-31-,33-27-. The van der Waals surface area contributed by atoms with Gasteiger partial charge in [0, 0.05) is 19.4 Å². The smallest absolute Gasteiger partial charge is 0.306 e. The maximum Gasteiger partial charge on any atom is 0.306 e. The van der Waals surface area contributed by atoms with Crippen LogP contribution in [0.4, 0.5) is 0 Å². The molecule has 5 heteroatoms. The minimum absolute atomic E-state index is 0.0724. The Balaban J connectivity index is 4.30. The van der Waals surface area contributed by atoms with Gasteiger partial charge in [0.1, 0.15) is 6.61 Å². The van der Waals surface area contributed by atoms with Crippen LogP contribution < -0.4 is 0 Å². The van der Waals surface area contributed by atoms with E-state index in [-0.39, 0.29) is 25.2 Å². The molecule has 66 heavy (non-hydrogen) atoms. The third-order valence-corrected chi connectivity index (χ3v) is 12.2. The molecule has 0 amide bonds. The Hall–Kier alpha value is -2.66. The van der Waals surface area contributed by atoms with Crippen molar-refractivity contribution in [2.24, 2.45) is 0 Å². The number of allylic oxidation sites excluding steroid dienone is 12. The van der Waals surface area contributed by atoms with Crippen LogP contribution in [0.2, 0.25) is 0 Å². The second kappa shape index (κ2) is 56.7. The summed E-state index contributed by atoms with van der Waals surface area (Å²) in [6, 6.07) is 0. The molecule has 1 atom stereocenters. The highest BCUT2D eigenvalue weighted by molar-refractivity contribution is 5.70. The maximum absolute atomic E-state index is 12.8. The Labute approximate surface area is 410 Å². The van der Waals surface area contributed by atoms with Crippen molar-refractivity contribution in [1.29, 1.82) is 0 Å². The van der Waals surface area contributed by atoms with Crippen LogP contribution in [0.1, 0.15) is 278 Å². The minimum atomic E-state index is -0.550. The number of carbonyl (C=O) groups excluding carboxylic acids is 2. The van der Waals surface area contributed by atoms with Gasteiger partial charge in [-0.2, -0.15) is 0 Å². The van der Waals surface area contributed by atoms with Crippen LogP contribution in [0.25, 0.3) is 0 Å². The van der Waals surface area contributed by atoms with Crippen LogP contribution in [0.3, 0.4) is 0 Å². The Morgan fingerprint density at radius 2 is 0.682 bits per heavy atom. The maximum atomic E-state index is 12.8. The lowest BCUT2D eigenvalue weighted by Gasteiger charge is -2.18. The molecule has 0 rings (SSSR count). The molecule has 0 bridgehead atoms. The van der Waals surface area contributed by atoms with E-state index in [2.05, 4.69) is 93.7 Å². The van der Waals surface area contributed by atoms with Gasteiger partial charge < -0.3 is 14.2 Å². The fourth-order valence-corrected chi connectivity index (χ4v) is 8.00. The summed E-state index contributed by atoms with van der Waals surface area (Å²) in [6.45, 7) is 7.70. The summed E-state index contributed by atoms with van der Waals surface area (Å²) >= 11 is 0. The number of hydrogen-bond donors (Lipinski definition) is 0. The van der Waals surface area contributed by atoms with E-state index in [4.69, 9.17) is 14.2 Å². The van der Waals surface area contributed by atoms with Gasteiger partial charge in [0.25, 0.3) is 0 Å². The number of unbranched alkanes of at least 4 members (excludes halogenated alkanes) is 29. The first-order valence-corrected chi connectivity index (χ1v) is 28.5. The monoisotopic (exact) mass is 921 g/mol. The summed E-state index contributed by atoms with van der Waals surface area (Å²) in [4.78, 5) is 25.5. The molecule has 5 nitrogen and oxygen atoms in total. The van der Waals surface area contributed by atoms with E-state index < -0.39 is 6.10 Å². The first-order chi connectivity index (χ1) is 32.6. The van der Waals surface area contributed by atoms with Crippen molar-refractivity contribution in [3.63, 3.8) is 0 Å². The second-order valence-corrected chi connectivity index (χ2v) is 18.8. The minimum Gasteiger partial charge on any atom is -0.462 e. The van der Waals surface area contributed by atoms with Crippen LogP contribution in [0.15, 0.2) is 72.9 Å². The molecular formula is C61H108O5. The highest BCUT2D eigenvalue weighted by Crippen LogP contribution is 2.15. The molecule has 0 heterocycles. The van der Waals surface area contributed by atoms with Crippen molar-refractivity contribution in [2.45, 2.75) is 284 Å². The molecule has 382 valence electrons. The lowest BCUT2D eigenvalue weighted by atomic mass is 10.0.